The molecule has 0 saturated heterocycles. The fraction of sp³-hybridized carbons (Fsp3) is 0.538. The number of nitrogens with zero attached hydrogens (tertiary/aromatic N) is 1. The van der Waals surface area contributed by atoms with Crippen molar-refractivity contribution in [2.24, 2.45) is 5.41 Å². The first-order valence-electron chi connectivity index (χ1n) is 6.16. The summed E-state index contributed by atoms with van der Waals surface area (Å²) in [7, 11) is 0. The Kier molecular flexibility index (Phi) is 3.56. The SMILES string of the molecule is CC1(C)C(O)CC1NCc1ccc([N+](=O)[O-])c(F)c1. The van der Waals surface area contributed by atoms with E-state index in [0.29, 0.717) is 18.5 Å². The number of halogens is 1. The van der Waals surface area contributed by atoms with Crippen molar-refractivity contribution in [2.45, 2.75) is 39.0 Å². The van der Waals surface area contributed by atoms with Crippen LogP contribution in [0.3, 0.4) is 0 Å². The van der Waals surface area contributed by atoms with E-state index >= 15 is 0 Å². The van der Waals surface area contributed by atoms with Crippen LogP contribution < -0.4 is 5.32 Å². The van der Waals surface area contributed by atoms with E-state index in [1.165, 1.54) is 18.2 Å². The standard InChI is InChI=1S/C13H17FN2O3/c1-13(2)11(6-12(13)17)15-7-8-3-4-10(16(18)19)9(14)5-8/h3-5,11-12,15,17H,6-7H2,1-2H3. The van der Waals surface area contributed by atoms with Gasteiger partial charge < -0.3 is 10.4 Å². The summed E-state index contributed by atoms with van der Waals surface area (Å²) in [4.78, 5) is 9.76. The van der Waals surface area contributed by atoms with E-state index in [0.717, 1.165) is 0 Å². The van der Waals surface area contributed by atoms with Gasteiger partial charge in [-0.25, -0.2) is 0 Å². The van der Waals surface area contributed by atoms with Crippen molar-refractivity contribution in [3.05, 3.63) is 39.7 Å². The van der Waals surface area contributed by atoms with Crippen LogP contribution in [0.4, 0.5) is 10.1 Å². The molecule has 1 fully saturated rings. The molecule has 19 heavy (non-hydrogen) atoms. The Hall–Kier alpha value is -1.53. The van der Waals surface area contributed by atoms with Crippen molar-refractivity contribution >= 4 is 5.69 Å². The summed E-state index contributed by atoms with van der Waals surface area (Å²) in [5, 5.41) is 23.3. The average Bonchev–Trinajstić information content (AvgIpc) is 2.33. The molecule has 1 saturated carbocycles. The number of nitro groups is 1. The number of hydrogen-bond donors (Lipinski definition) is 2. The first-order valence-corrected chi connectivity index (χ1v) is 6.16. The van der Waals surface area contributed by atoms with Crippen molar-refractivity contribution in [1.82, 2.24) is 5.32 Å². The van der Waals surface area contributed by atoms with Crippen LogP contribution in [-0.4, -0.2) is 22.2 Å². The molecule has 2 unspecified atom stereocenters. The van der Waals surface area contributed by atoms with E-state index in [4.69, 9.17) is 0 Å². The molecule has 0 spiro atoms. The monoisotopic (exact) mass is 268 g/mol. The lowest BCUT2D eigenvalue weighted by atomic mass is 9.64. The molecule has 6 heteroatoms. The molecule has 2 rings (SSSR count). The first-order chi connectivity index (χ1) is 8.82. The Morgan fingerprint density at radius 1 is 1.58 bits per heavy atom. The third-order valence-electron chi connectivity index (χ3n) is 3.98. The molecule has 0 aromatic heterocycles. The Bertz CT molecular complexity index is 505. The average molecular weight is 268 g/mol. The van der Waals surface area contributed by atoms with Gasteiger partial charge in [0, 0.05) is 24.1 Å². The molecule has 104 valence electrons. The van der Waals surface area contributed by atoms with Crippen LogP contribution in [0.15, 0.2) is 18.2 Å². The van der Waals surface area contributed by atoms with Crippen LogP contribution in [0.5, 0.6) is 0 Å². The zero-order valence-electron chi connectivity index (χ0n) is 10.9. The van der Waals surface area contributed by atoms with Crippen molar-refractivity contribution in [2.75, 3.05) is 0 Å². The molecule has 0 amide bonds. The summed E-state index contributed by atoms with van der Waals surface area (Å²) in [5.74, 6) is -0.822. The van der Waals surface area contributed by atoms with Gasteiger partial charge in [0.1, 0.15) is 0 Å². The highest BCUT2D eigenvalue weighted by Gasteiger charge is 2.46. The van der Waals surface area contributed by atoms with E-state index < -0.39 is 16.4 Å². The Morgan fingerprint density at radius 2 is 2.26 bits per heavy atom. The maximum Gasteiger partial charge on any atom is 0.304 e. The van der Waals surface area contributed by atoms with Crippen molar-refractivity contribution in [3.8, 4) is 0 Å². The highest BCUT2D eigenvalue weighted by molar-refractivity contribution is 5.35. The molecular formula is C13H17FN2O3. The predicted octanol–water partition coefficient (Wildman–Crippen LogP) is 1.98. The van der Waals surface area contributed by atoms with Crippen molar-refractivity contribution < 1.29 is 14.4 Å². The maximum absolute atomic E-state index is 13.4. The zero-order valence-corrected chi connectivity index (χ0v) is 10.9. The minimum atomic E-state index is -0.822. The van der Waals surface area contributed by atoms with Gasteiger partial charge in [-0.1, -0.05) is 19.9 Å². The smallest absolute Gasteiger partial charge is 0.304 e. The lowest BCUT2D eigenvalue weighted by molar-refractivity contribution is -0.387. The van der Waals surface area contributed by atoms with Gasteiger partial charge in [0.2, 0.25) is 5.82 Å². The van der Waals surface area contributed by atoms with Gasteiger partial charge in [0.25, 0.3) is 0 Å². The van der Waals surface area contributed by atoms with Crippen LogP contribution >= 0.6 is 0 Å². The fourth-order valence-electron chi connectivity index (χ4n) is 2.30. The van der Waals surface area contributed by atoms with E-state index in [-0.39, 0.29) is 17.6 Å². The van der Waals surface area contributed by atoms with Gasteiger partial charge in [-0.05, 0) is 18.1 Å². The minimum absolute atomic E-state index is 0.167. The number of aliphatic hydroxyl groups excluding tert-OH is 1. The highest BCUT2D eigenvalue weighted by Crippen LogP contribution is 2.40. The predicted molar refractivity (Wildman–Crippen MR) is 68.1 cm³/mol. The molecule has 1 aromatic carbocycles. The molecule has 5 nitrogen and oxygen atoms in total. The summed E-state index contributed by atoms with van der Waals surface area (Å²) in [6, 6.07) is 4.05. The van der Waals surface area contributed by atoms with E-state index in [1.54, 1.807) is 0 Å². The van der Waals surface area contributed by atoms with E-state index in [1.807, 2.05) is 13.8 Å². The Balaban J connectivity index is 1.98. The van der Waals surface area contributed by atoms with Crippen molar-refractivity contribution in [1.29, 1.82) is 0 Å². The maximum atomic E-state index is 13.4. The van der Waals surface area contributed by atoms with Gasteiger partial charge >= 0.3 is 5.69 Å². The van der Waals surface area contributed by atoms with Gasteiger partial charge in [-0.3, -0.25) is 10.1 Å². The van der Waals surface area contributed by atoms with Gasteiger partial charge in [0.05, 0.1) is 11.0 Å². The molecule has 0 radical (unpaired) electrons. The van der Waals surface area contributed by atoms with Crippen LogP contribution in [0.1, 0.15) is 25.8 Å². The van der Waals surface area contributed by atoms with Crippen LogP contribution in [0.25, 0.3) is 0 Å². The Morgan fingerprint density at radius 3 is 2.74 bits per heavy atom. The second kappa shape index (κ2) is 4.86. The molecule has 2 atom stereocenters. The molecule has 2 N–H and O–H groups in total. The number of rotatable bonds is 4. The lowest BCUT2D eigenvalue weighted by Gasteiger charge is -2.49. The molecular weight excluding hydrogens is 251 g/mol. The highest BCUT2D eigenvalue weighted by atomic mass is 19.1. The molecule has 1 aromatic rings. The van der Waals surface area contributed by atoms with Gasteiger partial charge in [-0.15, -0.1) is 0 Å². The van der Waals surface area contributed by atoms with E-state index in [9.17, 15) is 19.6 Å². The summed E-state index contributed by atoms with van der Waals surface area (Å²) >= 11 is 0. The third-order valence-corrected chi connectivity index (χ3v) is 3.98. The quantitative estimate of drug-likeness (QED) is 0.646. The summed E-state index contributed by atoms with van der Waals surface area (Å²) in [6.07, 6.45) is 0.348. The zero-order chi connectivity index (χ0) is 14.2. The summed E-state index contributed by atoms with van der Waals surface area (Å²) in [6.45, 7) is 4.36. The van der Waals surface area contributed by atoms with Crippen LogP contribution in [-0.2, 0) is 6.54 Å². The normalized spacial score (nSPS) is 24.8. The number of nitro benzene ring substituents is 1. The fourth-order valence-corrected chi connectivity index (χ4v) is 2.30. The third kappa shape index (κ3) is 2.59. The van der Waals surface area contributed by atoms with Crippen LogP contribution in [0.2, 0.25) is 0 Å². The summed E-state index contributed by atoms with van der Waals surface area (Å²) in [5.41, 5.74) is -0.0530. The molecule has 0 bridgehead atoms. The van der Waals surface area contributed by atoms with E-state index in [2.05, 4.69) is 5.32 Å². The first kappa shape index (κ1) is 13.9. The topological polar surface area (TPSA) is 75.4 Å². The Labute approximate surface area is 110 Å². The number of benzene rings is 1. The van der Waals surface area contributed by atoms with Gasteiger partial charge in [-0.2, -0.15) is 4.39 Å². The largest absolute Gasteiger partial charge is 0.392 e. The number of nitrogens with one attached hydrogen (secondary N) is 1. The number of hydrogen-bond acceptors (Lipinski definition) is 4. The van der Waals surface area contributed by atoms with Crippen LogP contribution in [0, 0.1) is 21.3 Å². The lowest BCUT2D eigenvalue weighted by Crippen LogP contribution is -2.59. The molecule has 1 aliphatic carbocycles. The second-order valence-electron chi connectivity index (χ2n) is 5.55. The molecule has 0 aliphatic heterocycles. The van der Waals surface area contributed by atoms with Gasteiger partial charge in [0.15, 0.2) is 0 Å². The second-order valence-corrected chi connectivity index (χ2v) is 5.55. The summed E-state index contributed by atoms with van der Waals surface area (Å²) < 4.78 is 13.4. The minimum Gasteiger partial charge on any atom is -0.392 e. The van der Waals surface area contributed by atoms with Crippen molar-refractivity contribution in [3.63, 3.8) is 0 Å². The molecule has 1 aliphatic rings. The number of aliphatic hydroxyl groups is 1. The molecule has 0 heterocycles.